The SMILES string of the molecule is C=C(CC(C)CC)OC(=C)CC(C)CC. The summed E-state index contributed by atoms with van der Waals surface area (Å²) < 4.78 is 5.61. The molecule has 0 aliphatic heterocycles. The highest BCUT2D eigenvalue weighted by Gasteiger charge is 2.07. The van der Waals surface area contributed by atoms with E-state index in [4.69, 9.17) is 4.74 Å². The minimum atomic E-state index is 0.647. The normalized spacial score (nSPS) is 14.4. The molecule has 0 aromatic heterocycles. The molecular formula is C14H26O. The minimum Gasteiger partial charge on any atom is -0.467 e. The predicted molar refractivity (Wildman–Crippen MR) is 67.5 cm³/mol. The van der Waals surface area contributed by atoms with Gasteiger partial charge in [-0.25, -0.2) is 0 Å². The van der Waals surface area contributed by atoms with Crippen LogP contribution in [0.5, 0.6) is 0 Å². The van der Waals surface area contributed by atoms with Gasteiger partial charge in [-0.1, -0.05) is 53.7 Å². The third-order valence-corrected chi connectivity index (χ3v) is 2.83. The molecule has 0 amide bonds. The maximum Gasteiger partial charge on any atom is 0.0966 e. The van der Waals surface area contributed by atoms with Crippen molar-refractivity contribution in [3.8, 4) is 0 Å². The van der Waals surface area contributed by atoms with E-state index in [-0.39, 0.29) is 0 Å². The van der Waals surface area contributed by atoms with E-state index in [1.807, 2.05) is 0 Å². The molecule has 0 N–H and O–H groups in total. The fourth-order valence-corrected chi connectivity index (χ4v) is 1.35. The fourth-order valence-electron chi connectivity index (χ4n) is 1.35. The molecule has 0 fully saturated rings. The lowest BCUT2D eigenvalue weighted by Gasteiger charge is -2.16. The molecule has 0 saturated heterocycles. The van der Waals surface area contributed by atoms with Crippen LogP contribution in [0.15, 0.2) is 24.7 Å². The Morgan fingerprint density at radius 1 is 0.933 bits per heavy atom. The zero-order valence-corrected chi connectivity index (χ0v) is 10.8. The van der Waals surface area contributed by atoms with Crippen LogP contribution in [0.25, 0.3) is 0 Å². The first kappa shape index (κ1) is 14.3. The molecule has 0 aliphatic rings. The van der Waals surface area contributed by atoms with Crippen molar-refractivity contribution >= 4 is 0 Å². The van der Waals surface area contributed by atoms with Crippen molar-refractivity contribution in [3.63, 3.8) is 0 Å². The van der Waals surface area contributed by atoms with Crippen LogP contribution >= 0.6 is 0 Å². The van der Waals surface area contributed by atoms with E-state index >= 15 is 0 Å². The van der Waals surface area contributed by atoms with E-state index in [0.717, 1.165) is 24.4 Å². The van der Waals surface area contributed by atoms with Crippen molar-refractivity contribution in [2.45, 2.75) is 53.4 Å². The van der Waals surface area contributed by atoms with Crippen LogP contribution in [-0.4, -0.2) is 0 Å². The molecule has 15 heavy (non-hydrogen) atoms. The van der Waals surface area contributed by atoms with Crippen molar-refractivity contribution in [1.82, 2.24) is 0 Å². The largest absolute Gasteiger partial charge is 0.467 e. The summed E-state index contributed by atoms with van der Waals surface area (Å²) in [6.45, 7) is 16.7. The lowest BCUT2D eigenvalue weighted by atomic mass is 10.0. The molecule has 0 radical (unpaired) electrons. The summed E-state index contributed by atoms with van der Waals surface area (Å²) in [6.07, 6.45) is 4.21. The van der Waals surface area contributed by atoms with Gasteiger partial charge in [0, 0.05) is 12.8 Å². The van der Waals surface area contributed by atoms with Crippen LogP contribution in [0.3, 0.4) is 0 Å². The first-order valence-corrected chi connectivity index (χ1v) is 6.02. The average molecular weight is 210 g/mol. The highest BCUT2D eigenvalue weighted by atomic mass is 16.5. The Labute approximate surface area is 95.2 Å². The standard InChI is InChI=1S/C14H26O/c1-7-11(3)9-13(5)15-14(6)10-12(4)8-2/h11-12H,5-10H2,1-4H3. The molecule has 1 heteroatoms. The molecule has 2 unspecified atom stereocenters. The van der Waals surface area contributed by atoms with E-state index in [1.165, 1.54) is 12.8 Å². The summed E-state index contributed by atoms with van der Waals surface area (Å²) in [4.78, 5) is 0. The van der Waals surface area contributed by atoms with Crippen LogP contribution in [0.2, 0.25) is 0 Å². The Morgan fingerprint density at radius 3 is 1.53 bits per heavy atom. The predicted octanol–water partition coefficient (Wildman–Crippen LogP) is 4.90. The van der Waals surface area contributed by atoms with Gasteiger partial charge < -0.3 is 4.74 Å². The van der Waals surface area contributed by atoms with Crippen molar-refractivity contribution in [1.29, 1.82) is 0 Å². The highest BCUT2D eigenvalue weighted by Crippen LogP contribution is 2.20. The number of ether oxygens (including phenoxy) is 1. The third kappa shape index (κ3) is 7.24. The number of allylic oxidation sites excluding steroid dienone is 2. The molecule has 0 saturated carbocycles. The summed E-state index contributed by atoms with van der Waals surface area (Å²) in [5, 5.41) is 0. The van der Waals surface area contributed by atoms with Gasteiger partial charge in [0.1, 0.15) is 0 Å². The van der Waals surface area contributed by atoms with Gasteiger partial charge in [0.2, 0.25) is 0 Å². The number of hydrogen-bond acceptors (Lipinski definition) is 1. The maximum absolute atomic E-state index is 5.61. The molecular weight excluding hydrogens is 184 g/mol. The molecule has 88 valence electrons. The van der Waals surface area contributed by atoms with Crippen LogP contribution in [-0.2, 0) is 4.74 Å². The smallest absolute Gasteiger partial charge is 0.0966 e. The van der Waals surface area contributed by atoms with E-state index < -0.39 is 0 Å². The Hall–Kier alpha value is -0.720. The maximum atomic E-state index is 5.61. The lowest BCUT2D eigenvalue weighted by molar-refractivity contribution is 0.252. The molecule has 0 spiro atoms. The van der Waals surface area contributed by atoms with E-state index in [2.05, 4.69) is 40.9 Å². The molecule has 2 atom stereocenters. The van der Waals surface area contributed by atoms with Crippen molar-refractivity contribution < 1.29 is 4.74 Å². The van der Waals surface area contributed by atoms with E-state index in [1.54, 1.807) is 0 Å². The van der Waals surface area contributed by atoms with Crippen LogP contribution in [0, 0.1) is 11.8 Å². The zero-order chi connectivity index (χ0) is 11.8. The monoisotopic (exact) mass is 210 g/mol. The quantitative estimate of drug-likeness (QED) is 0.518. The second-order valence-electron chi connectivity index (χ2n) is 4.61. The second kappa shape index (κ2) is 7.56. The molecule has 0 bridgehead atoms. The van der Waals surface area contributed by atoms with Gasteiger partial charge in [0.05, 0.1) is 11.5 Å². The topological polar surface area (TPSA) is 9.23 Å². The van der Waals surface area contributed by atoms with Gasteiger partial charge in [-0.15, -0.1) is 0 Å². The van der Waals surface area contributed by atoms with E-state index in [0.29, 0.717) is 11.8 Å². The number of rotatable bonds is 8. The summed E-state index contributed by atoms with van der Waals surface area (Å²) in [7, 11) is 0. The molecule has 1 nitrogen and oxygen atoms in total. The lowest BCUT2D eigenvalue weighted by Crippen LogP contribution is -2.01. The van der Waals surface area contributed by atoms with Crippen LogP contribution < -0.4 is 0 Å². The summed E-state index contributed by atoms with van der Waals surface area (Å²) >= 11 is 0. The van der Waals surface area contributed by atoms with Crippen LogP contribution in [0.4, 0.5) is 0 Å². The summed E-state index contributed by atoms with van der Waals surface area (Å²) in [5.74, 6) is 3.01. The van der Waals surface area contributed by atoms with Crippen molar-refractivity contribution in [3.05, 3.63) is 24.7 Å². The Morgan fingerprint density at radius 2 is 1.27 bits per heavy atom. The molecule has 0 aromatic carbocycles. The van der Waals surface area contributed by atoms with Gasteiger partial charge in [0.25, 0.3) is 0 Å². The van der Waals surface area contributed by atoms with Gasteiger partial charge in [0.15, 0.2) is 0 Å². The molecule has 0 heterocycles. The third-order valence-electron chi connectivity index (χ3n) is 2.83. The Balaban J connectivity index is 3.81. The van der Waals surface area contributed by atoms with Gasteiger partial charge in [-0.05, 0) is 11.8 Å². The Kier molecular flexibility index (Phi) is 7.19. The summed E-state index contributed by atoms with van der Waals surface area (Å²) in [6, 6.07) is 0. The first-order valence-electron chi connectivity index (χ1n) is 6.02. The van der Waals surface area contributed by atoms with Crippen molar-refractivity contribution in [2.24, 2.45) is 11.8 Å². The van der Waals surface area contributed by atoms with Crippen LogP contribution in [0.1, 0.15) is 53.4 Å². The molecule has 0 aliphatic carbocycles. The Bertz CT molecular complexity index is 183. The van der Waals surface area contributed by atoms with Crippen molar-refractivity contribution in [2.75, 3.05) is 0 Å². The molecule has 0 aromatic rings. The number of hydrogen-bond donors (Lipinski definition) is 0. The van der Waals surface area contributed by atoms with Gasteiger partial charge in [-0.2, -0.15) is 0 Å². The minimum absolute atomic E-state index is 0.647. The summed E-state index contributed by atoms with van der Waals surface area (Å²) in [5.41, 5.74) is 0. The second-order valence-corrected chi connectivity index (χ2v) is 4.61. The average Bonchev–Trinajstić information content (AvgIpc) is 2.16. The van der Waals surface area contributed by atoms with Gasteiger partial charge in [-0.3, -0.25) is 0 Å². The first-order chi connectivity index (χ1) is 6.99. The van der Waals surface area contributed by atoms with Gasteiger partial charge >= 0.3 is 0 Å². The van der Waals surface area contributed by atoms with E-state index in [9.17, 15) is 0 Å². The molecule has 0 rings (SSSR count). The fraction of sp³-hybridized carbons (Fsp3) is 0.714. The zero-order valence-electron chi connectivity index (χ0n) is 10.8. The highest BCUT2D eigenvalue weighted by molar-refractivity contribution is 4.94.